The third-order valence-corrected chi connectivity index (χ3v) is 2.61. The summed E-state index contributed by atoms with van der Waals surface area (Å²) in [6.07, 6.45) is 1.71. The van der Waals surface area contributed by atoms with Gasteiger partial charge in [0.05, 0.1) is 10.7 Å². The van der Waals surface area contributed by atoms with Crippen molar-refractivity contribution in [3.8, 4) is 0 Å². The maximum Gasteiger partial charge on any atom is 0.0589 e. The largest absolute Gasteiger partial charge is 0.314 e. The van der Waals surface area contributed by atoms with Gasteiger partial charge < -0.3 is 5.32 Å². The monoisotopic (exact) mass is 247 g/mol. The molecule has 0 saturated carbocycles. The zero-order valence-corrected chi connectivity index (χ0v) is 10.0. The highest BCUT2D eigenvalue weighted by molar-refractivity contribution is 6.30. The van der Waals surface area contributed by atoms with E-state index in [9.17, 15) is 0 Å². The van der Waals surface area contributed by atoms with Crippen molar-refractivity contribution in [1.82, 2.24) is 15.2 Å². The molecule has 0 aliphatic carbocycles. The molecule has 1 saturated heterocycles. The van der Waals surface area contributed by atoms with Gasteiger partial charge in [0.15, 0.2) is 0 Å². The van der Waals surface area contributed by atoms with Crippen LogP contribution in [0.1, 0.15) is 5.69 Å². The minimum absolute atomic E-state index is 0. The molecule has 5 heteroatoms. The fourth-order valence-corrected chi connectivity index (χ4v) is 1.71. The summed E-state index contributed by atoms with van der Waals surface area (Å²) in [5, 5.41) is 4.03. The van der Waals surface area contributed by atoms with Crippen LogP contribution in [0.4, 0.5) is 0 Å². The van der Waals surface area contributed by atoms with Gasteiger partial charge in [-0.15, -0.1) is 12.4 Å². The van der Waals surface area contributed by atoms with E-state index in [0.29, 0.717) is 5.02 Å². The van der Waals surface area contributed by atoms with Gasteiger partial charge >= 0.3 is 0 Å². The first-order chi connectivity index (χ1) is 6.84. The average molecular weight is 248 g/mol. The lowest BCUT2D eigenvalue weighted by Gasteiger charge is -2.26. The van der Waals surface area contributed by atoms with Crippen LogP contribution in [0.2, 0.25) is 5.02 Å². The smallest absolute Gasteiger partial charge is 0.0589 e. The molecule has 1 aromatic rings. The molecule has 1 aliphatic rings. The van der Waals surface area contributed by atoms with Crippen LogP contribution >= 0.6 is 24.0 Å². The van der Waals surface area contributed by atoms with Gasteiger partial charge in [0.2, 0.25) is 0 Å². The first-order valence-electron chi connectivity index (χ1n) is 4.88. The molecule has 0 amide bonds. The lowest BCUT2D eigenvalue weighted by atomic mass is 10.3. The van der Waals surface area contributed by atoms with E-state index in [2.05, 4.69) is 15.2 Å². The summed E-state index contributed by atoms with van der Waals surface area (Å²) < 4.78 is 0. The molecule has 1 aromatic heterocycles. The van der Waals surface area contributed by atoms with E-state index >= 15 is 0 Å². The number of aromatic nitrogens is 1. The van der Waals surface area contributed by atoms with Gasteiger partial charge in [-0.2, -0.15) is 0 Å². The van der Waals surface area contributed by atoms with Crippen molar-refractivity contribution < 1.29 is 0 Å². The summed E-state index contributed by atoms with van der Waals surface area (Å²) in [6.45, 7) is 5.29. The second-order valence-corrected chi connectivity index (χ2v) is 3.93. The maximum absolute atomic E-state index is 5.77. The van der Waals surface area contributed by atoms with Gasteiger partial charge in [-0.25, -0.2) is 0 Å². The summed E-state index contributed by atoms with van der Waals surface area (Å²) in [4.78, 5) is 6.67. The molecule has 84 valence electrons. The fraction of sp³-hybridized carbons (Fsp3) is 0.500. The van der Waals surface area contributed by atoms with Crippen LogP contribution in [0.15, 0.2) is 18.3 Å². The summed E-state index contributed by atoms with van der Waals surface area (Å²) in [5.41, 5.74) is 1.09. The molecule has 0 bridgehead atoms. The average Bonchev–Trinajstić information content (AvgIpc) is 2.23. The summed E-state index contributed by atoms with van der Waals surface area (Å²) in [7, 11) is 0. The Morgan fingerprint density at radius 3 is 2.67 bits per heavy atom. The van der Waals surface area contributed by atoms with Crippen molar-refractivity contribution in [1.29, 1.82) is 0 Å². The standard InChI is InChI=1S/C10H14ClN3.ClH/c11-9-1-2-10(13-7-9)8-14-5-3-12-4-6-14;/h1-2,7,12H,3-6,8H2;1H. The number of hydrogen-bond donors (Lipinski definition) is 1. The van der Waals surface area contributed by atoms with Crippen molar-refractivity contribution in [2.24, 2.45) is 0 Å². The highest BCUT2D eigenvalue weighted by Crippen LogP contribution is 2.08. The van der Waals surface area contributed by atoms with Gasteiger partial charge in [-0.1, -0.05) is 11.6 Å². The van der Waals surface area contributed by atoms with Crippen LogP contribution in [0.5, 0.6) is 0 Å². The van der Waals surface area contributed by atoms with Crippen LogP contribution in [0.3, 0.4) is 0 Å². The van der Waals surface area contributed by atoms with Crippen molar-refractivity contribution in [2.45, 2.75) is 6.54 Å². The van der Waals surface area contributed by atoms with E-state index in [4.69, 9.17) is 11.6 Å². The van der Waals surface area contributed by atoms with Gasteiger partial charge in [-0.3, -0.25) is 9.88 Å². The Hall–Kier alpha value is -0.350. The SMILES string of the molecule is Cl.Clc1ccc(CN2CCNCC2)nc1. The molecule has 2 rings (SSSR count). The van der Waals surface area contributed by atoms with Gasteiger partial charge in [-0.05, 0) is 12.1 Å². The minimum Gasteiger partial charge on any atom is -0.314 e. The molecule has 0 atom stereocenters. The van der Waals surface area contributed by atoms with E-state index in [-0.39, 0.29) is 12.4 Å². The molecular formula is C10H15Cl2N3. The van der Waals surface area contributed by atoms with Gasteiger partial charge in [0, 0.05) is 38.9 Å². The fourth-order valence-electron chi connectivity index (χ4n) is 1.60. The summed E-state index contributed by atoms with van der Waals surface area (Å²) in [5.74, 6) is 0. The zero-order chi connectivity index (χ0) is 9.80. The van der Waals surface area contributed by atoms with Crippen LogP contribution in [-0.4, -0.2) is 36.1 Å². The van der Waals surface area contributed by atoms with Gasteiger partial charge in [0.1, 0.15) is 0 Å². The third kappa shape index (κ3) is 3.95. The van der Waals surface area contributed by atoms with Crippen molar-refractivity contribution in [3.63, 3.8) is 0 Å². The number of nitrogens with one attached hydrogen (secondary N) is 1. The van der Waals surface area contributed by atoms with E-state index in [1.54, 1.807) is 6.20 Å². The van der Waals surface area contributed by atoms with Crippen LogP contribution in [0.25, 0.3) is 0 Å². The van der Waals surface area contributed by atoms with Crippen LogP contribution in [0, 0.1) is 0 Å². The Morgan fingerprint density at radius 2 is 2.07 bits per heavy atom. The van der Waals surface area contributed by atoms with E-state index in [1.807, 2.05) is 12.1 Å². The highest BCUT2D eigenvalue weighted by atomic mass is 35.5. The molecule has 1 N–H and O–H groups in total. The second-order valence-electron chi connectivity index (χ2n) is 3.49. The number of nitrogens with zero attached hydrogens (tertiary/aromatic N) is 2. The lowest BCUT2D eigenvalue weighted by Crippen LogP contribution is -2.43. The Bertz CT molecular complexity index is 283. The lowest BCUT2D eigenvalue weighted by molar-refractivity contribution is 0.231. The number of hydrogen-bond acceptors (Lipinski definition) is 3. The predicted molar refractivity (Wildman–Crippen MR) is 64.6 cm³/mol. The zero-order valence-electron chi connectivity index (χ0n) is 8.45. The highest BCUT2D eigenvalue weighted by Gasteiger charge is 2.09. The predicted octanol–water partition coefficient (Wildman–Crippen LogP) is 1.56. The maximum atomic E-state index is 5.77. The Morgan fingerprint density at radius 1 is 1.33 bits per heavy atom. The molecule has 1 aliphatic heterocycles. The van der Waals surface area contributed by atoms with Crippen LogP contribution < -0.4 is 5.32 Å². The number of piperazine rings is 1. The Labute approximate surface area is 101 Å². The van der Waals surface area contributed by atoms with Crippen molar-refractivity contribution in [2.75, 3.05) is 26.2 Å². The molecule has 0 spiro atoms. The molecular weight excluding hydrogens is 233 g/mol. The molecule has 2 heterocycles. The number of pyridine rings is 1. The number of rotatable bonds is 2. The Balaban J connectivity index is 0.00000112. The van der Waals surface area contributed by atoms with E-state index in [1.165, 1.54) is 0 Å². The first kappa shape index (κ1) is 12.7. The topological polar surface area (TPSA) is 28.2 Å². The van der Waals surface area contributed by atoms with E-state index in [0.717, 1.165) is 38.4 Å². The van der Waals surface area contributed by atoms with Gasteiger partial charge in [0.25, 0.3) is 0 Å². The normalized spacial score (nSPS) is 17.1. The molecule has 1 fully saturated rings. The first-order valence-corrected chi connectivity index (χ1v) is 5.26. The molecule has 0 unspecified atom stereocenters. The van der Waals surface area contributed by atoms with E-state index < -0.39 is 0 Å². The minimum atomic E-state index is 0. The van der Waals surface area contributed by atoms with Crippen LogP contribution in [-0.2, 0) is 6.54 Å². The third-order valence-electron chi connectivity index (χ3n) is 2.38. The summed E-state index contributed by atoms with van der Waals surface area (Å²) >= 11 is 5.77. The quantitative estimate of drug-likeness (QED) is 0.860. The molecule has 3 nitrogen and oxygen atoms in total. The summed E-state index contributed by atoms with van der Waals surface area (Å²) in [6, 6.07) is 3.89. The molecule has 0 radical (unpaired) electrons. The molecule has 15 heavy (non-hydrogen) atoms. The second kappa shape index (κ2) is 6.28. The van der Waals surface area contributed by atoms with Crippen molar-refractivity contribution >= 4 is 24.0 Å². The molecule has 0 aromatic carbocycles. The Kier molecular flexibility index (Phi) is 5.32. The number of halogens is 2. The van der Waals surface area contributed by atoms with Crippen molar-refractivity contribution in [3.05, 3.63) is 29.0 Å².